The number of pyridine rings is 1. The highest BCUT2D eigenvalue weighted by atomic mass is 16.1. The van der Waals surface area contributed by atoms with Gasteiger partial charge in [0, 0.05) is 23.6 Å². The summed E-state index contributed by atoms with van der Waals surface area (Å²) in [6.07, 6.45) is 4.60. The lowest BCUT2D eigenvalue weighted by atomic mass is 10.0. The lowest BCUT2D eigenvalue weighted by Crippen LogP contribution is -2.17. The van der Waals surface area contributed by atoms with E-state index in [0.29, 0.717) is 29.1 Å². The van der Waals surface area contributed by atoms with Gasteiger partial charge >= 0.3 is 0 Å². The fourth-order valence-electron chi connectivity index (χ4n) is 3.15. The number of nitriles is 1. The maximum absolute atomic E-state index is 12.7. The van der Waals surface area contributed by atoms with Crippen LogP contribution in [-0.2, 0) is 6.54 Å². The zero-order chi connectivity index (χ0) is 19.7. The number of carbonyl (C=O) groups excluding carboxylic acids is 1. The standard InChI is InChI=1S/C21H16N6O/c1-12-13(2)19(24-10-15(12)8-22)21(28)27-16-4-3-14-9-25-20(17(14)7-16)18-5-6-23-11-26-18/h3-7,10-11H,9H2,1-2H3,(H,27,28). The minimum absolute atomic E-state index is 0.307. The summed E-state index contributed by atoms with van der Waals surface area (Å²) in [5.74, 6) is -0.316. The summed E-state index contributed by atoms with van der Waals surface area (Å²) in [5, 5.41) is 12.0. The van der Waals surface area contributed by atoms with Crippen molar-refractivity contribution in [2.24, 2.45) is 4.99 Å². The van der Waals surface area contributed by atoms with E-state index in [-0.39, 0.29) is 5.91 Å². The van der Waals surface area contributed by atoms with Crippen molar-refractivity contribution in [2.45, 2.75) is 20.4 Å². The molecule has 1 aliphatic rings. The first kappa shape index (κ1) is 17.5. The minimum Gasteiger partial charge on any atom is -0.321 e. The molecule has 1 aromatic carbocycles. The van der Waals surface area contributed by atoms with Crippen molar-refractivity contribution in [1.82, 2.24) is 15.0 Å². The van der Waals surface area contributed by atoms with E-state index in [4.69, 9.17) is 5.26 Å². The number of amides is 1. The molecule has 7 nitrogen and oxygen atoms in total. The van der Waals surface area contributed by atoms with Crippen LogP contribution in [-0.4, -0.2) is 26.6 Å². The first-order valence-corrected chi connectivity index (χ1v) is 8.70. The normalized spacial score (nSPS) is 12.1. The summed E-state index contributed by atoms with van der Waals surface area (Å²) in [4.78, 5) is 29.7. The van der Waals surface area contributed by atoms with Crippen molar-refractivity contribution in [3.8, 4) is 6.07 Å². The summed E-state index contributed by atoms with van der Waals surface area (Å²) in [7, 11) is 0. The van der Waals surface area contributed by atoms with Crippen LogP contribution in [0.25, 0.3) is 0 Å². The van der Waals surface area contributed by atoms with Crippen LogP contribution in [0.1, 0.15) is 44.0 Å². The molecule has 0 bridgehead atoms. The van der Waals surface area contributed by atoms with Crippen molar-refractivity contribution in [1.29, 1.82) is 5.26 Å². The Kier molecular flexibility index (Phi) is 4.38. The first-order valence-electron chi connectivity index (χ1n) is 8.70. The molecule has 0 saturated heterocycles. The molecule has 7 heteroatoms. The van der Waals surface area contributed by atoms with Gasteiger partial charge in [-0.05, 0) is 48.7 Å². The summed E-state index contributed by atoms with van der Waals surface area (Å²) in [6.45, 7) is 4.19. The molecule has 0 fully saturated rings. The number of carbonyl (C=O) groups is 1. The van der Waals surface area contributed by atoms with Gasteiger partial charge in [0.1, 0.15) is 18.1 Å². The molecule has 1 aliphatic heterocycles. The average molecular weight is 368 g/mol. The SMILES string of the molecule is Cc1c(C#N)cnc(C(=O)Nc2ccc3c(c2)C(c2ccncn2)=NC3)c1C. The van der Waals surface area contributed by atoms with Gasteiger partial charge in [-0.2, -0.15) is 5.26 Å². The Labute approximate surface area is 161 Å². The van der Waals surface area contributed by atoms with Crippen LogP contribution in [0.5, 0.6) is 0 Å². The van der Waals surface area contributed by atoms with E-state index in [1.54, 1.807) is 13.1 Å². The topological polar surface area (TPSA) is 104 Å². The molecular formula is C21H16N6O. The number of anilines is 1. The van der Waals surface area contributed by atoms with Crippen molar-refractivity contribution in [3.05, 3.63) is 82.2 Å². The van der Waals surface area contributed by atoms with Gasteiger partial charge in [-0.15, -0.1) is 0 Å². The molecule has 28 heavy (non-hydrogen) atoms. The molecule has 0 atom stereocenters. The quantitative estimate of drug-likeness (QED) is 0.765. The number of fused-ring (bicyclic) bond motifs is 1. The third-order valence-electron chi connectivity index (χ3n) is 4.83. The summed E-state index contributed by atoms with van der Waals surface area (Å²) >= 11 is 0. The van der Waals surface area contributed by atoms with Crippen molar-refractivity contribution < 1.29 is 4.79 Å². The predicted molar refractivity (Wildman–Crippen MR) is 104 cm³/mol. The number of hydrogen-bond donors (Lipinski definition) is 1. The van der Waals surface area contributed by atoms with Gasteiger partial charge in [0.25, 0.3) is 5.91 Å². The molecule has 136 valence electrons. The Balaban J connectivity index is 1.63. The lowest BCUT2D eigenvalue weighted by Gasteiger charge is -2.11. The van der Waals surface area contributed by atoms with Crippen LogP contribution in [0.2, 0.25) is 0 Å². The Hall–Kier alpha value is -3.92. The van der Waals surface area contributed by atoms with Gasteiger partial charge in [0.2, 0.25) is 0 Å². The fraction of sp³-hybridized carbons (Fsp3) is 0.143. The van der Waals surface area contributed by atoms with E-state index in [2.05, 4.69) is 31.3 Å². The monoisotopic (exact) mass is 368 g/mol. The van der Waals surface area contributed by atoms with E-state index in [9.17, 15) is 4.79 Å². The second-order valence-corrected chi connectivity index (χ2v) is 6.47. The maximum atomic E-state index is 12.7. The van der Waals surface area contributed by atoms with E-state index in [1.807, 2.05) is 31.2 Å². The molecule has 3 aromatic rings. The van der Waals surface area contributed by atoms with Crippen LogP contribution in [0.15, 0.2) is 48.0 Å². The minimum atomic E-state index is -0.316. The third-order valence-corrected chi connectivity index (χ3v) is 4.83. The molecular weight excluding hydrogens is 352 g/mol. The van der Waals surface area contributed by atoms with Crippen molar-refractivity contribution in [2.75, 3.05) is 5.32 Å². The van der Waals surface area contributed by atoms with E-state index in [0.717, 1.165) is 28.1 Å². The van der Waals surface area contributed by atoms with Gasteiger partial charge in [-0.25, -0.2) is 15.0 Å². The molecule has 4 rings (SSSR count). The highest BCUT2D eigenvalue weighted by molar-refractivity contribution is 6.15. The molecule has 0 aliphatic carbocycles. The molecule has 0 radical (unpaired) electrons. The van der Waals surface area contributed by atoms with Gasteiger partial charge < -0.3 is 5.32 Å². The van der Waals surface area contributed by atoms with E-state index < -0.39 is 0 Å². The summed E-state index contributed by atoms with van der Waals surface area (Å²) in [5.41, 5.74) is 6.44. The second kappa shape index (κ2) is 7.00. The zero-order valence-corrected chi connectivity index (χ0v) is 15.4. The van der Waals surface area contributed by atoms with Crippen molar-refractivity contribution in [3.63, 3.8) is 0 Å². The predicted octanol–water partition coefficient (Wildman–Crippen LogP) is 2.96. The van der Waals surface area contributed by atoms with Gasteiger partial charge in [-0.3, -0.25) is 9.79 Å². The molecule has 1 amide bonds. The smallest absolute Gasteiger partial charge is 0.274 e. The Morgan fingerprint density at radius 1 is 1.18 bits per heavy atom. The number of hydrogen-bond acceptors (Lipinski definition) is 6. The van der Waals surface area contributed by atoms with Gasteiger partial charge in [0.05, 0.1) is 23.5 Å². The second-order valence-electron chi connectivity index (χ2n) is 6.47. The van der Waals surface area contributed by atoms with Crippen LogP contribution in [0.3, 0.4) is 0 Å². The number of nitrogens with zero attached hydrogens (tertiary/aromatic N) is 5. The van der Waals surface area contributed by atoms with Gasteiger partial charge in [-0.1, -0.05) is 6.07 Å². The molecule has 2 aromatic heterocycles. The van der Waals surface area contributed by atoms with Crippen LogP contribution in [0.4, 0.5) is 5.69 Å². The van der Waals surface area contributed by atoms with Crippen LogP contribution >= 0.6 is 0 Å². The Morgan fingerprint density at radius 3 is 2.79 bits per heavy atom. The van der Waals surface area contributed by atoms with E-state index >= 15 is 0 Å². The molecule has 3 heterocycles. The van der Waals surface area contributed by atoms with Gasteiger partial charge in [0.15, 0.2) is 0 Å². The molecule has 0 saturated carbocycles. The number of aromatic nitrogens is 3. The first-order chi connectivity index (χ1) is 13.6. The number of benzene rings is 1. The molecule has 1 N–H and O–H groups in total. The number of aliphatic imine (C=N–C) groups is 1. The van der Waals surface area contributed by atoms with Crippen molar-refractivity contribution >= 4 is 17.3 Å². The molecule has 0 unspecified atom stereocenters. The lowest BCUT2D eigenvalue weighted by molar-refractivity contribution is 0.102. The average Bonchev–Trinajstić information content (AvgIpc) is 3.14. The largest absolute Gasteiger partial charge is 0.321 e. The summed E-state index contributed by atoms with van der Waals surface area (Å²) < 4.78 is 0. The fourth-order valence-corrected chi connectivity index (χ4v) is 3.15. The number of rotatable bonds is 3. The molecule has 0 spiro atoms. The maximum Gasteiger partial charge on any atom is 0.274 e. The van der Waals surface area contributed by atoms with Crippen LogP contribution in [0, 0.1) is 25.2 Å². The highest BCUT2D eigenvalue weighted by Crippen LogP contribution is 2.26. The third kappa shape index (κ3) is 3.01. The Bertz CT molecular complexity index is 1160. The Morgan fingerprint density at radius 2 is 2.04 bits per heavy atom. The van der Waals surface area contributed by atoms with Crippen LogP contribution < -0.4 is 5.32 Å². The van der Waals surface area contributed by atoms with E-state index in [1.165, 1.54) is 12.5 Å². The number of nitrogens with one attached hydrogen (secondary N) is 1. The highest BCUT2D eigenvalue weighted by Gasteiger charge is 2.20. The summed E-state index contributed by atoms with van der Waals surface area (Å²) in [6, 6.07) is 9.59. The zero-order valence-electron chi connectivity index (χ0n) is 15.4.